The summed E-state index contributed by atoms with van der Waals surface area (Å²) in [6.45, 7) is 14.7. The molecule has 0 aromatic heterocycles. The van der Waals surface area contributed by atoms with E-state index in [4.69, 9.17) is 9.31 Å². The van der Waals surface area contributed by atoms with Crippen LogP contribution in [0, 0.1) is 0 Å². The molecule has 0 N–H and O–H groups in total. The van der Waals surface area contributed by atoms with Crippen LogP contribution in [-0.4, -0.2) is 18.3 Å². The maximum absolute atomic E-state index is 6.30. The third-order valence-electron chi connectivity index (χ3n) is 8.06. The molecule has 0 unspecified atom stereocenters. The largest absolute Gasteiger partial charge is 0.494 e. The average molecular weight is 540 g/mol. The highest BCUT2D eigenvalue weighted by atomic mass is 16.7. The van der Waals surface area contributed by atoms with Crippen molar-refractivity contribution in [1.29, 1.82) is 0 Å². The van der Waals surface area contributed by atoms with Gasteiger partial charge in [0.25, 0.3) is 0 Å². The molecule has 1 aliphatic rings. The summed E-state index contributed by atoms with van der Waals surface area (Å²) in [5.74, 6) is 0. The average Bonchev–Trinajstić information content (AvgIpc) is 3.22. The molecular formula is C37H38BNO2. The van der Waals surface area contributed by atoms with Gasteiger partial charge in [-0.3, -0.25) is 0 Å². The van der Waals surface area contributed by atoms with Crippen molar-refractivity contribution in [3.05, 3.63) is 145 Å². The first-order chi connectivity index (χ1) is 19.7. The Hall–Kier alpha value is -4.12. The van der Waals surface area contributed by atoms with E-state index >= 15 is 0 Å². The van der Waals surface area contributed by atoms with Crippen LogP contribution < -0.4 is 10.4 Å². The van der Waals surface area contributed by atoms with Crippen LogP contribution in [0.25, 0.3) is 16.7 Å². The zero-order valence-corrected chi connectivity index (χ0v) is 24.7. The first-order valence-corrected chi connectivity index (χ1v) is 14.2. The van der Waals surface area contributed by atoms with Crippen molar-refractivity contribution in [2.75, 3.05) is 4.90 Å². The monoisotopic (exact) mass is 539 g/mol. The van der Waals surface area contributed by atoms with E-state index in [0.29, 0.717) is 0 Å². The highest BCUT2D eigenvalue weighted by Crippen LogP contribution is 2.37. The van der Waals surface area contributed by atoms with Crippen LogP contribution in [0.5, 0.6) is 0 Å². The fourth-order valence-corrected chi connectivity index (χ4v) is 4.87. The molecule has 0 bridgehead atoms. The second-order valence-corrected chi connectivity index (χ2v) is 11.4. The van der Waals surface area contributed by atoms with E-state index in [9.17, 15) is 0 Å². The fourth-order valence-electron chi connectivity index (χ4n) is 4.87. The molecule has 3 nitrogen and oxygen atoms in total. The van der Waals surface area contributed by atoms with E-state index < -0.39 is 7.12 Å². The molecule has 1 heterocycles. The zero-order chi connectivity index (χ0) is 29.0. The molecular weight excluding hydrogens is 501 g/mol. The Bertz CT molecular complexity index is 1520. The Morgan fingerprint density at radius 2 is 1.15 bits per heavy atom. The van der Waals surface area contributed by atoms with Crippen molar-refractivity contribution in [3.8, 4) is 11.1 Å². The molecule has 4 aromatic carbocycles. The minimum Gasteiger partial charge on any atom is -0.399 e. The number of rotatable bonds is 8. The minimum absolute atomic E-state index is 0.382. The number of hydrogen-bond donors (Lipinski definition) is 0. The summed E-state index contributed by atoms with van der Waals surface area (Å²) >= 11 is 0. The predicted octanol–water partition coefficient (Wildman–Crippen LogP) is 8.96. The molecule has 206 valence electrons. The van der Waals surface area contributed by atoms with Crippen LogP contribution in [0.1, 0.15) is 40.2 Å². The smallest absolute Gasteiger partial charge is 0.399 e. The van der Waals surface area contributed by atoms with Crippen LogP contribution in [0.4, 0.5) is 11.4 Å². The van der Waals surface area contributed by atoms with Crippen LogP contribution in [0.15, 0.2) is 140 Å². The fraction of sp³-hybridized carbons (Fsp3) is 0.189. The van der Waals surface area contributed by atoms with Crippen LogP contribution in [-0.2, 0) is 9.31 Å². The first kappa shape index (κ1) is 28.4. The molecule has 1 fully saturated rings. The molecule has 41 heavy (non-hydrogen) atoms. The Kier molecular flexibility index (Phi) is 8.16. The summed E-state index contributed by atoms with van der Waals surface area (Å²) in [5, 5.41) is 0. The third kappa shape index (κ3) is 6.14. The molecule has 0 aliphatic carbocycles. The summed E-state index contributed by atoms with van der Waals surface area (Å²) in [5.41, 5.74) is 7.82. The number of hydrogen-bond acceptors (Lipinski definition) is 3. The van der Waals surface area contributed by atoms with Gasteiger partial charge in [-0.05, 0) is 92.7 Å². The molecule has 1 aliphatic heterocycles. The summed E-state index contributed by atoms with van der Waals surface area (Å²) in [4.78, 5) is 2.26. The van der Waals surface area contributed by atoms with E-state index in [1.54, 1.807) is 0 Å². The molecule has 0 atom stereocenters. The van der Waals surface area contributed by atoms with Crippen LogP contribution in [0.2, 0.25) is 0 Å². The van der Waals surface area contributed by atoms with Gasteiger partial charge in [-0.1, -0.05) is 104 Å². The van der Waals surface area contributed by atoms with Gasteiger partial charge < -0.3 is 14.2 Å². The molecule has 4 heteroatoms. The van der Waals surface area contributed by atoms with Gasteiger partial charge >= 0.3 is 7.12 Å². The van der Waals surface area contributed by atoms with Gasteiger partial charge in [0.1, 0.15) is 0 Å². The predicted molar refractivity (Wildman–Crippen MR) is 175 cm³/mol. The van der Waals surface area contributed by atoms with Gasteiger partial charge in [-0.15, -0.1) is 0 Å². The lowest BCUT2D eigenvalue weighted by atomic mass is 9.79. The van der Waals surface area contributed by atoms with Gasteiger partial charge in [0.05, 0.1) is 11.2 Å². The van der Waals surface area contributed by atoms with E-state index in [-0.39, 0.29) is 11.2 Å². The van der Waals surface area contributed by atoms with Crippen molar-refractivity contribution < 1.29 is 9.31 Å². The second kappa shape index (κ2) is 11.8. The summed E-state index contributed by atoms with van der Waals surface area (Å²) in [7, 11) is -0.400. The normalized spacial score (nSPS) is 16.2. The van der Waals surface area contributed by atoms with Crippen molar-refractivity contribution in [3.63, 3.8) is 0 Å². The van der Waals surface area contributed by atoms with Crippen molar-refractivity contribution in [2.24, 2.45) is 0 Å². The molecule has 4 aromatic rings. The molecule has 0 amide bonds. The Labute approximate surface area is 245 Å². The molecule has 5 rings (SSSR count). The number of nitrogens with zero attached hydrogens (tertiary/aromatic N) is 1. The highest BCUT2D eigenvalue weighted by molar-refractivity contribution is 6.62. The highest BCUT2D eigenvalue weighted by Gasteiger charge is 2.51. The minimum atomic E-state index is -0.400. The van der Waals surface area contributed by atoms with E-state index in [1.165, 1.54) is 11.1 Å². The van der Waals surface area contributed by atoms with Crippen molar-refractivity contribution >= 4 is 29.5 Å². The Morgan fingerprint density at radius 1 is 0.659 bits per heavy atom. The lowest BCUT2D eigenvalue weighted by molar-refractivity contribution is 0.00578. The van der Waals surface area contributed by atoms with Gasteiger partial charge in [0, 0.05) is 17.1 Å². The second-order valence-electron chi connectivity index (χ2n) is 11.4. The Morgan fingerprint density at radius 3 is 1.68 bits per heavy atom. The lowest BCUT2D eigenvalue weighted by Crippen LogP contribution is -2.41. The molecule has 0 spiro atoms. The van der Waals surface area contributed by atoms with E-state index in [2.05, 4.69) is 149 Å². The summed E-state index contributed by atoms with van der Waals surface area (Å²) in [6, 6.07) is 37.9. The van der Waals surface area contributed by atoms with E-state index in [0.717, 1.165) is 33.7 Å². The maximum atomic E-state index is 6.30. The summed E-state index contributed by atoms with van der Waals surface area (Å²) in [6.07, 6.45) is 6.33. The van der Waals surface area contributed by atoms with E-state index in [1.807, 2.05) is 24.3 Å². The van der Waals surface area contributed by atoms with Gasteiger partial charge in [-0.25, -0.2) is 0 Å². The SMILES string of the molecule is C=C(/C=C\C(=C/C)N(c1ccc(B2OC(C)(C)C(C)(C)O2)cc1)c1ccc(-c2ccccc2)cc1)c1ccccc1. The van der Waals surface area contributed by atoms with Crippen LogP contribution in [0.3, 0.4) is 0 Å². The van der Waals surface area contributed by atoms with Gasteiger partial charge in [0.15, 0.2) is 0 Å². The molecule has 1 saturated heterocycles. The van der Waals surface area contributed by atoms with Gasteiger partial charge in [0.2, 0.25) is 0 Å². The molecule has 0 radical (unpaired) electrons. The molecule has 0 saturated carbocycles. The standard InChI is InChI=1S/C37H38BNO2/c1-7-33(23-18-28(2)29-14-10-8-11-15-29)39(34-24-19-31(20-25-34)30-16-12-9-13-17-30)35-26-21-32(22-27-35)38-40-36(3,4)37(5,6)41-38/h7-27H,2H2,1,3-6H3/b23-18-,33-7+. The maximum Gasteiger partial charge on any atom is 0.494 e. The van der Waals surface area contributed by atoms with Gasteiger partial charge in [-0.2, -0.15) is 0 Å². The zero-order valence-electron chi connectivity index (χ0n) is 24.7. The third-order valence-corrected chi connectivity index (χ3v) is 8.06. The van der Waals surface area contributed by atoms with Crippen LogP contribution >= 0.6 is 0 Å². The number of allylic oxidation sites excluding steroid dienone is 4. The van der Waals surface area contributed by atoms with Crippen molar-refractivity contribution in [2.45, 2.75) is 45.8 Å². The topological polar surface area (TPSA) is 21.7 Å². The number of benzene rings is 4. The Balaban J connectivity index is 1.48. The first-order valence-electron chi connectivity index (χ1n) is 14.2. The number of anilines is 2. The lowest BCUT2D eigenvalue weighted by Gasteiger charge is -2.32. The quantitative estimate of drug-likeness (QED) is 0.165. The summed E-state index contributed by atoms with van der Waals surface area (Å²) < 4.78 is 12.6. The van der Waals surface area contributed by atoms with Crippen molar-refractivity contribution in [1.82, 2.24) is 0 Å².